The third-order valence-corrected chi connectivity index (χ3v) is 5.13. The van der Waals surface area contributed by atoms with Gasteiger partial charge >= 0.3 is 0 Å². The van der Waals surface area contributed by atoms with E-state index in [-0.39, 0.29) is 6.04 Å². The Morgan fingerprint density at radius 3 is 2.53 bits per heavy atom. The van der Waals surface area contributed by atoms with E-state index in [0.29, 0.717) is 0 Å². The number of thiophene rings is 1. The van der Waals surface area contributed by atoms with Gasteiger partial charge in [0.05, 0.1) is 0 Å². The fourth-order valence-electron chi connectivity index (χ4n) is 1.64. The van der Waals surface area contributed by atoms with Crippen LogP contribution in [0.1, 0.15) is 21.4 Å². The van der Waals surface area contributed by atoms with Crippen LogP contribution < -0.4 is 5.73 Å². The van der Waals surface area contributed by atoms with Crippen LogP contribution in [0.4, 0.5) is 0 Å². The lowest BCUT2D eigenvalue weighted by molar-refractivity contribution is 0.736. The second-order valence-corrected chi connectivity index (χ2v) is 6.57. The van der Waals surface area contributed by atoms with E-state index in [1.54, 1.807) is 11.3 Å². The molecular weight excluding hydrogens is 318 g/mol. The van der Waals surface area contributed by atoms with Gasteiger partial charge in [-0.15, -0.1) is 11.3 Å². The zero-order valence-electron chi connectivity index (χ0n) is 9.41. The van der Waals surface area contributed by atoms with Gasteiger partial charge in [0.25, 0.3) is 0 Å². The highest BCUT2D eigenvalue weighted by molar-refractivity contribution is 9.10. The van der Waals surface area contributed by atoms with Gasteiger partial charge < -0.3 is 5.73 Å². The summed E-state index contributed by atoms with van der Waals surface area (Å²) >= 11 is 11.1. The van der Waals surface area contributed by atoms with Crippen LogP contribution in [-0.4, -0.2) is 0 Å². The van der Waals surface area contributed by atoms with Gasteiger partial charge in [0.2, 0.25) is 0 Å². The summed E-state index contributed by atoms with van der Waals surface area (Å²) in [4.78, 5) is 2.48. The topological polar surface area (TPSA) is 26.0 Å². The molecule has 4 heteroatoms. The third kappa shape index (κ3) is 3.32. The summed E-state index contributed by atoms with van der Waals surface area (Å²) < 4.78 is 1.14. The first kappa shape index (κ1) is 13.1. The molecule has 2 N–H and O–H groups in total. The van der Waals surface area contributed by atoms with Crippen LogP contribution in [-0.2, 0) is 6.42 Å². The minimum atomic E-state index is 0.0474. The molecule has 90 valence electrons. The molecule has 0 amide bonds. The Morgan fingerprint density at radius 2 is 2.00 bits per heavy atom. The second kappa shape index (κ2) is 5.53. The molecule has 0 aliphatic heterocycles. The summed E-state index contributed by atoms with van der Waals surface area (Å²) in [7, 11) is 0. The van der Waals surface area contributed by atoms with Crippen molar-refractivity contribution in [1.82, 2.24) is 0 Å². The summed E-state index contributed by atoms with van der Waals surface area (Å²) in [6.07, 6.45) is 0.837. The lowest BCUT2D eigenvalue weighted by Gasteiger charge is -2.09. The fourth-order valence-corrected chi connectivity index (χ4v) is 3.33. The fraction of sp³-hybridized carbons (Fsp3) is 0.231. The SMILES string of the molecule is Cc1sc(C(N)Cc2ccc(Cl)cc2)cc1Br. The molecule has 0 fully saturated rings. The minimum absolute atomic E-state index is 0.0474. The predicted octanol–water partition coefficient (Wildman–Crippen LogP) is 4.71. The summed E-state index contributed by atoms with van der Waals surface area (Å²) in [5, 5.41) is 0.761. The van der Waals surface area contributed by atoms with E-state index in [1.165, 1.54) is 15.3 Å². The average molecular weight is 331 g/mol. The molecule has 1 aromatic carbocycles. The number of nitrogens with two attached hydrogens (primary N) is 1. The molecule has 0 saturated carbocycles. The number of benzene rings is 1. The van der Waals surface area contributed by atoms with Crippen LogP contribution in [0, 0.1) is 6.92 Å². The average Bonchev–Trinajstić information content (AvgIpc) is 2.63. The van der Waals surface area contributed by atoms with E-state index < -0.39 is 0 Å². The van der Waals surface area contributed by atoms with E-state index >= 15 is 0 Å². The van der Waals surface area contributed by atoms with Crippen LogP contribution in [0.25, 0.3) is 0 Å². The molecule has 0 spiro atoms. The molecule has 17 heavy (non-hydrogen) atoms. The maximum Gasteiger partial charge on any atom is 0.0431 e. The summed E-state index contributed by atoms with van der Waals surface area (Å²) in [5.74, 6) is 0. The van der Waals surface area contributed by atoms with Crippen molar-refractivity contribution in [2.24, 2.45) is 5.73 Å². The largest absolute Gasteiger partial charge is 0.323 e. The van der Waals surface area contributed by atoms with Crippen molar-refractivity contribution in [3.8, 4) is 0 Å². The molecule has 0 aliphatic rings. The third-order valence-electron chi connectivity index (χ3n) is 2.61. The van der Waals surface area contributed by atoms with Crippen molar-refractivity contribution in [1.29, 1.82) is 0 Å². The Bertz CT molecular complexity index is 487. The molecule has 1 heterocycles. The standard InChI is InChI=1S/C13H13BrClNS/c1-8-11(14)7-13(17-8)12(16)6-9-2-4-10(15)5-3-9/h2-5,7,12H,6,16H2,1H3. The molecule has 2 rings (SSSR count). The normalized spacial score (nSPS) is 12.7. The molecule has 1 nitrogen and oxygen atoms in total. The first-order valence-electron chi connectivity index (χ1n) is 5.32. The molecule has 1 unspecified atom stereocenters. The number of hydrogen-bond acceptors (Lipinski definition) is 2. The molecule has 1 aromatic heterocycles. The van der Waals surface area contributed by atoms with E-state index in [2.05, 4.69) is 28.9 Å². The van der Waals surface area contributed by atoms with Crippen LogP contribution in [0.5, 0.6) is 0 Å². The number of rotatable bonds is 3. The van der Waals surface area contributed by atoms with Gasteiger partial charge in [-0.05, 0) is 53.0 Å². The quantitative estimate of drug-likeness (QED) is 0.866. The van der Waals surface area contributed by atoms with E-state index in [0.717, 1.165) is 15.9 Å². The number of hydrogen-bond donors (Lipinski definition) is 1. The molecule has 0 radical (unpaired) electrons. The van der Waals surface area contributed by atoms with E-state index in [4.69, 9.17) is 17.3 Å². The Hall–Kier alpha value is -0.350. The zero-order chi connectivity index (χ0) is 12.4. The minimum Gasteiger partial charge on any atom is -0.323 e. The number of halogens is 2. The van der Waals surface area contributed by atoms with Crippen LogP contribution in [0.2, 0.25) is 5.02 Å². The molecule has 0 aliphatic carbocycles. The van der Waals surface area contributed by atoms with Crippen molar-refractivity contribution in [2.45, 2.75) is 19.4 Å². The molecule has 0 bridgehead atoms. The maximum absolute atomic E-state index is 6.20. The highest BCUT2D eigenvalue weighted by Gasteiger charge is 2.11. The van der Waals surface area contributed by atoms with Crippen LogP contribution in [0.3, 0.4) is 0 Å². The van der Waals surface area contributed by atoms with Gasteiger partial charge in [0, 0.05) is 25.3 Å². The van der Waals surface area contributed by atoms with Gasteiger partial charge in [-0.25, -0.2) is 0 Å². The predicted molar refractivity (Wildman–Crippen MR) is 78.8 cm³/mol. The van der Waals surface area contributed by atoms with Crippen molar-refractivity contribution < 1.29 is 0 Å². The Morgan fingerprint density at radius 1 is 1.35 bits per heavy atom. The highest BCUT2D eigenvalue weighted by Crippen LogP contribution is 2.31. The van der Waals surface area contributed by atoms with Gasteiger partial charge in [-0.3, -0.25) is 0 Å². The highest BCUT2D eigenvalue weighted by atomic mass is 79.9. The van der Waals surface area contributed by atoms with E-state index in [1.807, 2.05) is 24.3 Å². The Balaban J connectivity index is 2.11. The smallest absolute Gasteiger partial charge is 0.0431 e. The summed E-state index contributed by atoms with van der Waals surface area (Å²) in [6.45, 7) is 2.09. The Kier molecular flexibility index (Phi) is 4.26. The van der Waals surface area contributed by atoms with E-state index in [9.17, 15) is 0 Å². The molecule has 2 aromatic rings. The second-order valence-electron chi connectivity index (χ2n) is 3.99. The van der Waals surface area contributed by atoms with Crippen molar-refractivity contribution >= 4 is 38.9 Å². The first-order chi connectivity index (χ1) is 8.06. The first-order valence-corrected chi connectivity index (χ1v) is 7.31. The van der Waals surface area contributed by atoms with Crippen molar-refractivity contribution in [3.05, 3.63) is 55.1 Å². The summed E-state index contributed by atoms with van der Waals surface area (Å²) in [5.41, 5.74) is 7.42. The van der Waals surface area contributed by atoms with Gasteiger partial charge in [0.15, 0.2) is 0 Å². The lowest BCUT2D eigenvalue weighted by Crippen LogP contribution is -2.11. The molecule has 0 saturated heterocycles. The van der Waals surface area contributed by atoms with Crippen LogP contribution >= 0.6 is 38.9 Å². The molecule has 1 atom stereocenters. The van der Waals surface area contributed by atoms with Gasteiger partial charge in [0.1, 0.15) is 0 Å². The lowest BCUT2D eigenvalue weighted by atomic mass is 10.1. The van der Waals surface area contributed by atoms with Crippen molar-refractivity contribution in [3.63, 3.8) is 0 Å². The maximum atomic E-state index is 6.20. The number of aryl methyl sites for hydroxylation is 1. The monoisotopic (exact) mass is 329 g/mol. The summed E-state index contributed by atoms with van der Waals surface area (Å²) in [6, 6.07) is 10.0. The zero-order valence-corrected chi connectivity index (χ0v) is 12.6. The Labute approximate surface area is 119 Å². The van der Waals surface area contributed by atoms with Gasteiger partial charge in [-0.1, -0.05) is 23.7 Å². The van der Waals surface area contributed by atoms with Crippen molar-refractivity contribution in [2.75, 3.05) is 0 Å². The molecular formula is C13H13BrClNS. The van der Waals surface area contributed by atoms with Gasteiger partial charge in [-0.2, -0.15) is 0 Å². The van der Waals surface area contributed by atoms with Crippen LogP contribution in [0.15, 0.2) is 34.8 Å².